The summed E-state index contributed by atoms with van der Waals surface area (Å²) in [6.45, 7) is 4.52. The lowest BCUT2D eigenvalue weighted by molar-refractivity contribution is 0.461. The Morgan fingerprint density at radius 2 is 2.29 bits per heavy atom. The van der Waals surface area contributed by atoms with E-state index in [9.17, 15) is 0 Å². The first-order chi connectivity index (χ1) is 6.77. The van der Waals surface area contributed by atoms with Gasteiger partial charge in [0, 0.05) is 10.1 Å². The summed E-state index contributed by atoms with van der Waals surface area (Å²) in [6.07, 6.45) is 2.65. The van der Waals surface area contributed by atoms with E-state index in [2.05, 4.69) is 53.0 Å². The van der Waals surface area contributed by atoms with Crippen molar-refractivity contribution in [2.24, 2.45) is 0 Å². The van der Waals surface area contributed by atoms with Crippen LogP contribution in [0.15, 0.2) is 18.2 Å². The molecule has 1 N–H and O–H groups in total. The molecule has 2 rings (SSSR count). The van der Waals surface area contributed by atoms with Crippen LogP contribution in [0.25, 0.3) is 0 Å². The molecule has 1 aromatic rings. The highest BCUT2D eigenvalue weighted by atomic mass is 127. The van der Waals surface area contributed by atoms with Gasteiger partial charge >= 0.3 is 0 Å². The van der Waals surface area contributed by atoms with Gasteiger partial charge in [0.05, 0.1) is 0 Å². The molecule has 1 aliphatic rings. The van der Waals surface area contributed by atoms with Crippen molar-refractivity contribution in [1.82, 2.24) is 5.32 Å². The average molecular weight is 301 g/mol. The van der Waals surface area contributed by atoms with E-state index in [1.165, 1.54) is 34.1 Å². The minimum Gasteiger partial charge on any atom is -0.316 e. The highest BCUT2D eigenvalue weighted by Gasteiger charge is 2.15. The molecule has 1 atom stereocenters. The van der Waals surface area contributed by atoms with E-state index in [4.69, 9.17) is 0 Å². The number of aryl methyl sites for hydroxylation is 1. The van der Waals surface area contributed by atoms with Crippen LogP contribution in [0.3, 0.4) is 0 Å². The van der Waals surface area contributed by atoms with Gasteiger partial charge in [0.1, 0.15) is 0 Å². The lowest BCUT2D eigenvalue weighted by atomic mass is 9.91. The van der Waals surface area contributed by atoms with Crippen LogP contribution in [-0.4, -0.2) is 13.1 Å². The van der Waals surface area contributed by atoms with Gasteiger partial charge in [-0.25, -0.2) is 0 Å². The van der Waals surface area contributed by atoms with Crippen molar-refractivity contribution in [3.8, 4) is 0 Å². The largest absolute Gasteiger partial charge is 0.316 e. The van der Waals surface area contributed by atoms with Gasteiger partial charge in [-0.15, -0.1) is 0 Å². The number of hydrogen-bond donors (Lipinski definition) is 1. The molecule has 0 unspecified atom stereocenters. The van der Waals surface area contributed by atoms with Crippen LogP contribution in [0.4, 0.5) is 0 Å². The zero-order chi connectivity index (χ0) is 9.97. The Morgan fingerprint density at radius 1 is 1.43 bits per heavy atom. The lowest BCUT2D eigenvalue weighted by Crippen LogP contribution is -2.28. The second kappa shape index (κ2) is 4.62. The first kappa shape index (κ1) is 10.4. The zero-order valence-corrected chi connectivity index (χ0v) is 10.7. The Hall–Kier alpha value is -0.0900. The maximum atomic E-state index is 3.46. The third-order valence-electron chi connectivity index (χ3n) is 2.96. The van der Waals surface area contributed by atoms with E-state index < -0.39 is 0 Å². The smallest absolute Gasteiger partial charge is 0.0162 e. The topological polar surface area (TPSA) is 12.0 Å². The predicted octanol–water partition coefficient (Wildman–Crippen LogP) is 3.07. The van der Waals surface area contributed by atoms with E-state index in [1.54, 1.807) is 0 Å². The molecule has 1 nitrogen and oxygen atoms in total. The number of benzene rings is 1. The molecule has 14 heavy (non-hydrogen) atoms. The van der Waals surface area contributed by atoms with Crippen LogP contribution in [-0.2, 0) is 0 Å². The Labute approximate surface area is 99.4 Å². The number of hydrogen-bond acceptors (Lipinski definition) is 1. The summed E-state index contributed by atoms with van der Waals surface area (Å²) in [6, 6.07) is 6.87. The zero-order valence-electron chi connectivity index (χ0n) is 8.52. The van der Waals surface area contributed by atoms with Crippen molar-refractivity contribution in [2.75, 3.05) is 13.1 Å². The first-order valence-electron chi connectivity index (χ1n) is 5.24. The van der Waals surface area contributed by atoms with Crippen molar-refractivity contribution in [1.29, 1.82) is 0 Å². The average Bonchev–Trinajstić information content (AvgIpc) is 2.23. The molecule has 0 aliphatic carbocycles. The Bertz CT molecular complexity index is 316. The highest BCUT2D eigenvalue weighted by Crippen LogP contribution is 2.25. The fraction of sp³-hybridized carbons (Fsp3) is 0.500. The fourth-order valence-corrected chi connectivity index (χ4v) is 2.54. The number of nitrogens with one attached hydrogen (secondary N) is 1. The molecule has 76 valence electrons. The standard InChI is InChI=1S/C12H16IN/c1-9-4-5-10(7-12(9)13)11-3-2-6-14-8-11/h4-5,7,11,14H,2-3,6,8H2,1H3/t11-/m0/s1. The Morgan fingerprint density at radius 3 is 2.93 bits per heavy atom. The molecule has 1 aromatic carbocycles. The van der Waals surface area contributed by atoms with Crippen LogP contribution in [0.5, 0.6) is 0 Å². The Balaban J connectivity index is 2.18. The molecule has 0 radical (unpaired) electrons. The quantitative estimate of drug-likeness (QED) is 0.786. The summed E-state index contributed by atoms with van der Waals surface area (Å²) >= 11 is 2.43. The molecular weight excluding hydrogens is 285 g/mol. The van der Waals surface area contributed by atoms with E-state index in [0.717, 1.165) is 12.5 Å². The summed E-state index contributed by atoms with van der Waals surface area (Å²) in [5.74, 6) is 0.734. The minimum absolute atomic E-state index is 0.734. The monoisotopic (exact) mass is 301 g/mol. The Kier molecular flexibility index (Phi) is 3.44. The molecule has 1 aliphatic heterocycles. The third kappa shape index (κ3) is 2.28. The number of rotatable bonds is 1. The lowest BCUT2D eigenvalue weighted by Gasteiger charge is -2.23. The second-order valence-corrected chi connectivity index (χ2v) is 5.21. The van der Waals surface area contributed by atoms with Crippen LogP contribution in [0.1, 0.15) is 29.9 Å². The molecule has 1 fully saturated rings. The fourth-order valence-electron chi connectivity index (χ4n) is 2.00. The molecule has 0 saturated carbocycles. The van der Waals surface area contributed by atoms with E-state index in [0.29, 0.717) is 0 Å². The highest BCUT2D eigenvalue weighted by molar-refractivity contribution is 14.1. The normalized spacial score (nSPS) is 22.3. The SMILES string of the molecule is Cc1ccc([C@H]2CCCNC2)cc1I. The van der Waals surface area contributed by atoms with Crippen molar-refractivity contribution in [3.05, 3.63) is 32.9 Å². The van der Waals surface area contributed by atoms with Gasteiger partial charge in [-0.2, -0.15) is 0 Å². The van der Waals surface area contributed by atoms with Gasteiger partial charge in [0.15, 0.2) is 0 Å². The van der Waals surface area contributed by atoms with Gasteiger partial charge in [-0.1, -0.05) is 12.1 Å². The van der Waals surface area contributed by atoms with Gasteiger partial charge in [-0.05, 0) is 72.0 Å². The summed E-state index contributed by atoms with van der Waals surface area (Å²) in [5, 5.41) is 3.46. The molecule has 1 heterocycles. The molecule has 2 heteroatoms. The van der Waals surface area contributed by atoms with Gasteiger partial charge in [0.25, 0.3) is 0 Å². The maximum Gasteiger partial charge on any atom is 0.0162 e. The summed E-state index contributed by atoms with van der Waals surface area (Å²) in [5.41, 5.74) is 2.89. The molecule has 0 aromatic heterocycles. The van der Waals surface area contributed by atoms with Crippen LogP contribution in [0, 0.1) is 10.5 Å². The molecule has 0 spiro atoms. The molecule has 1 saturated heterocycles. The van der Waals surface area contributed by atoms with E-state index >= 15 is 0 Å². The third-order valence-corrected chi connectivity index (χ3v) is 4.13. The van der Waals surface area contributed by atoms with Crippen molar-refractivity contribution < 1.29 is 0 Å². The molecular formula is C12H16IN. The molecule has 0 bridgehead atoms. The van der Waals surface area contributed by atoms with Crippen LogP contribution >= 0.6 is 22.6 Å². The van der Waals surface area contributed by atoms with Crippen LogP contribution < -0.4 is 5.32 Å². The maximum absolute atomic E-state index is 3.46. The van der Waals surface area contributed by atoms with E-state index in [-0.39, 0.29) is 0 Å². The van der Waals surface area contributed by atoms with E-state index in [1.807, 2.05) is 0 Å². The predicted molar refractivity (Wildman–Crippen MR) is 68.7 cm³/mol. The number of halogens is 1. The summed E-state index contributed by atoms with van der Waals surface area (Å²) < 4.78 is 1.39. The van der Waals surface area contributed by atoms with Crippen molar-refractivity contribution >= 4 is 22.6 Å². The first-order valence-corrected chi connectivity index (χ1v) is 6.32. The molecule has 0 amide bonds. The summed E-state index contributed by atoms with van der Waals surface area (Å²) in [4.78, 5) is 0. The number of piperidine rings is 1. The van der Waals surface area contributed by atoms with Crippen LogP contribution in [0.2, 0.25) is 0 Å². The summed E-state index contributed by atoms with van der Waals surface area (Å²) in [7, 11) is 0. The van der Waals surface area contributed by atoms with Gasteiger partial charge < -0.3 is 5.32 Å². The van der Waals surface area contributed by atoms with Gasteiger partial charge in [0.2, 0.25) is 0 Å². The second-order valence-electron chi connectivity index (χ2n) is 4.05. The van der Waals surface area contributed by atoms with Crippen molar-refractivity contribution in [3.63, 3.8) is 0 Å². The van der Waals surface area contributed by atoms with Crippen molar-refractivity contribution in [2.45, 2.75) is 25.7 Å². The minimum atomic E-state index is 0.734. The van der Waals surface area contributed by atoms with Gasteiger partial charge in [-0.3, -0.25) is 0 Å².